The largest absolute Gasteiger partial charge is 0.454 e. The van der Waals surface area contributed by atoms with E-state index in [-0.39, 0.29) is 24.0 Å². The van der Waals surface area contributed by atoms with Crippen LogP contribution in [0.5, 0.6) is 11.5 Å². The molecule has 2 aliphatic carbocycles. The van der Waals surface area contributed by atoms with Crippen molar-refractivity contribution in [1.82, 2.24) is 5.43 Å². The number of fused-ring (bicyclic) bond motifs is 2. The van der Waals surface area contributed by atoms with Gasteiger partial charge in [0.2, 0.25) is 12.7 Å². The first kappa shape index (κ1) is 15.0. The molecular weight excluding hydrogens is 360 g/mol. The second-order valence-electron chi connectivity index (χ2n) is 6.80. The van der Waals surface area contributed by atoms with Crippen LogP contribution < -0.4 is 14.9 Å². The third-order valence-corrected chi connectivity index (χ3v) is 6.17. The van der Waals surface area contributed by atoms with Crippen LogP contribution in [0.3, 0.4) is 0 Å². The molecule has 1 heterocycles. The van der Waals surface area contributed by atoms with Gasteiger partial charge in [0.05, 0.1) is 6.21 Å². The fourth-order valence-electron chi connectivity index (χ4n) is 4.12. The number of ether oxygens (including phenoxy) is 2. The molecule has 0 unspecified atom stereocenters. The van der Waals surface area contributed by atoms with Gasteiger partial charge in [-0.3, -0.25) is 4.79 Å². The summed E-state index contributed by atoms with van der Waals surface area (Å²) < 4.78 is 11.5. The fraction of sp³-hybridized carbons (Fsp3) is 0.529. The third kappa shape index (κ3) is 2.53. The quantitative estimate of drug-likeness (QED) is 0.647. The molecule has 1 aliphatic heterocycles. The first-order valence-electron chi connectivity index (χ1n) is 8.02. The Morgan fingerprint density at radius 3 is 2.91 bits per heavy atom. The summed E-state index contributed by atoms with van der Waals surface area (Å²) in [5, 5.41) is 4.13. The zero-order chi connectivity index (χ0) is 16.0. The van der Waals surface area contributed by atoms with Crippen molar-refractivity contribution in [3.8, 4) is 11.5 Å². The SMILES string of the molecule is C[C@@]12CCCC[C@@H]1[C@H]2C(=O)NN=Cc1cc2c(cc1Br)OCO2. The Morgan fingerprint density at radius 2 is 2.17 bits per heavy atom. The van der Waals surface area contributed by atoms with Crippen LogP contribution >= 0.6 is 15.9 Å². The van der Waals surface area contributed by atoms with Crippen molar-refractivity contribution in [3.63, 3.8) is 0 Å². The summed E-state index contributed by atoms with van der Waals surface area (Å²) >= 11 is 3.48. The first-order valence-corrected chi connectivity index (χ1v) is 8.81. The Morgan fingerprint density at radius 1 is 1.39 bits per heavy atom. The van der Waals surface area contributed by atoms with E-state index in [9.17, 15) is 4.79 Å². The number of halogens is 1. The molecular formula is C17H19BrN2O3. The van der Waals surface area contributed by atoms with E-state index in [1.165, 1.54) is 19.3 Å². The number of hydrogen-bond acceptors (Lipinski definition) is 4. The maximum Gasteiger partial charge on any atom is 0.244 e. The van der Waals surface area contributed by atoms with Crippen LogP contribution in [0.25, 0.3) is 0 Å². The van der Waals surface area contributed by atoms with E-state index in [1.807, 2.05) is 12.1 Å². The Hall–Kier alpha value is -1.56. The predicted octanol–water partition coefficient (Wildman–Crippen LogP) is 3.45. The fourth-order valence-corrected chi connectivity index (χ4v) is 4.54. The molecule has 3 atom stereocenters. The van der Waals surface area contributed by atoms with Crippen LogP contribution in [-0.4, -0.2) is 18.9 Å². The zero-order valence-electron chi connectivity index (χ0n) is 13.0. The van der Waals surface area contributed by atoms with E-state index in [0.29, 0.717) is 17.4 Å². The maximum absolute atomic E-state index is 12.4. The number of nitrogens with one attached hydrogen (secondary N) is 1. The number of rotatable bonds is 3. The van der Waals surface area contributed by atoms with Gasteiger partial charge in [0.1, 0.15) is 0 Å². The predicted molar refractivity (Wildman–Crippen MR) is 89.6 cm³/mol. The highest BCUT2D eigenvalue weighted by molar-refractivity contribution is 9.10. The molecule has 0 radical (unpaired) electrons. The minimum atomic E-state index is 0.0486. The van der Waals surface area contributed by atoms with Crippen LogP contribution in [0.1, 0.15) is 38.2 Å². The second-order valence-corrected chi connectivity index (χ2v) is 7.65. The van der Waals surface area contributed by atoms with Gasteiger partial charge in [0.25, 0.3) is 0 Å². The number of carbonyl (C=O) groups excluding carboxylic acids is 1. The first-order chi connectivity index (χ1) is 11.1. The monoisotopic (exact) mass is 378 g/mol. The van der Waals surface area contributed by atoms with Gasteiger partial charge in [-0.2, -0.15) is 5.10 Å². The van der Waals surface area contributed by atoms with Gasteiger partial charge in [0.15, 0.2) is 11.5 Å². The molecule has 2 saturated carbocycles. The normalized spacial score (nSPS) is 31.0. The average Bonchev–Trinajstić information content (AvgIpc) is 2.91. The average molecular weight is 379 g/mol. The number of benzene rings is 1. The van der Waals surface area contributed by atoms with Crippen molar-refractivity contribution < 1.29 is 14.3 Å². The molecule has 1 N–H and O–H groups in total. The molecule has 3 aliphatic rings. The summed E-state index contributed by atoms with van der Waals surface area (Å²) in [5.74, 6) is 2.13. The summed E-state index contributed by atoms with van der Waals surface area (Å²) in [6.07, 6.45) is 6.46. The molecule has 0 spiro atoms. The summed E-state index contributed by atoms with van der Waals surface area (Å²) in [7, 11) is 0. The van der Waals surface area contributed by atoms with Crippen LogP contribution in [0.2, 0.25) is 0 Å². The van der Waals surface area contributed by atoms with E-state index < -0.39 is 0 Å². The van der Waals surface area contributed by atoms with Crippen molar-refractivity contribution in [2.75, 3.05) is 6.79 Å². The molecule has 0 saturated heterocycles. The molecule has 6 heteroatoms. The summed E-state index contributed by atoms with van der Waals surface area (Å²) in [6, 6.07) is 3.70. The van der Waals surface area contributed by atoms with E-state index in [4.69, 9.17) is 9.47 Å². The molecule has 23 heavy (non-hydrogen) atoms. The zero-order valence-corrected chi connectivity index (χ0v) is 14.6. The van der Waals surface area contributed by atoms with Crippen molar-refractivity contribution >= 4 is 28.1 Å². The highest BCUT2D eigenvalue weighted by Gasteiger charge is 2.64. The molecule has 1 aromatic carbocycles. The summed E-state index contributed by atoms with van der Waals surface area (Å²) in [5.41, 5.74) is 3.75. The molecule has 0 aromatic heterocycles. The van der Waals surface area contributed by atoms with Gasteiger partial charge in [-0.25, -0.2) is 5.43 Å². The molecule has 1 amide bonds. The molecule has 4 rings (SSSR count). The lowest BCUT2D eigenvalue weighted by Crippen LogP contribution is -2.22. The minimum Gasteiger partial charge on any atom is -0.454 e. The lowest BCUT2D eigenvalue weighted by Gasteiger charge is -2.15. The van der Waals surface area contributed by atoms with E-state index in [2.05, 4.69) is 33.4 Å². The topological polar surface area (TPSA) is 59.9 Å². The number of hydrogen-bond donors (Lipinski definition) is 1. The summed E-state index contributed by atoms with van der Waals surface area (Å²) in [4.78, 5) is 12.4. The van der Waals surface area contributed by atoms with Crippen molar-refractivity contribution in [1.29, 1.82) is 0 Å². The minimum absolute atomic E-state index is 0.0486. The maximum atomic E-state index is 12.4. The summed E-state index contributed by atoms with van der Waals surface area (Å²) in [6.45, 7) is 2.47. The third-order valence-electron chi connectivity index (χ3n) is 5.48. The van der Waals surface area contributed by atoms with Gasteiger partial charge < -0.3 is 9.47 Å². The van der Waals surface area contributed by atoms with Gasteiger partial charge in [0, 0.05) is 16.0 Å². The van der Waals surface area contributed by atoms with Crippen LogP contribution in [0.15, 0.2) is 21.7 Å². The van der Waals surface area contributed by atoms with Crippen LogP contribution in [-0.2, 0) is 4.79 Å². The highest BCUT2D eigenvalue weighted by Crippen LogP contribution is 2.66. The Bertz CT molecular complexity index is 691. The van der Waals surface area contributed by atoms with Gasteiger partial charge in [-0.05, 0) is 52.2 Å². The standard InChI is InChI=1S/C17H19BrN2O3/c1-17-5-3-2-4-11(17)15(17)16(21)20-19-8-10-6-13-14(7-12(10)18)23-9-22-13/h6-8,11,15H,2-5,9H2,1H3,(H,20,21)/t11-,15+,17-/m1/s1. The number of nitrogens with zero attached hydrogens (tertiary/aromatic N) is 1. The lowest BCUT2D eigenvalue weighted by atomic mass is 9.90. The molecule has 122 valence electrons. The number of hydrazone groups is 1. The molecule has 2 fully saturated rings. The number of carbonyl (C=O) groups is 1. The number of amides is 1. The van der Waals surface area contributed by atoms with Gasteiger partial charge in [-0.15, -0.1) is 0 Å². The van der Waals surface area contributed by atoms with Gasteiger partial charge in [-0.1, -0.05) is 19.8 Å². The van der Waals surface area contributed by atoms with E-state index >= 15 is 0 Å². The van der Waals surface area contributed by atoms with Gasteiger partial charge >= 0.3 is 0 Å². The Labute approximate surface area is 143 Å². The molecule has 0 bridgehead atoms. The molecule has 1 aromatic rings. The van der Waals surface area contributed by atoms with E-state index in [1.54, 1.807) is 6.21 Å². The Kier molecular flexibility index (Phi) is 3.59. The van der Waals surface area contributed by atoms with Crippen LogP contribution in [0, 0.1) is 17.3 Å². The lowest BCUT2D eigenvalue weighted by molar-refractivity contribution is -0.123. The highest BCUT2D eigenvalue weighted by atomic mass is 79.9. The van der Waals surface area contributed by atoms with Crippen LogP contribution in [0.4, 0.5) is 0 Å². The second kappa shape index (κ2) is 5.51. The smallest absolute Gasteiger partial charge is 0.244 e. The van der Waals surface area contributed by atoms with Crippen molar-refractivity contribution in [2.24, 2.45) is 22.4 Å². The van der Waals surface area contributed by atoms with E-state index in [0.717, 1.165) is 16.5 Å². The Balaban J connectivity index is 1.41. The van der Waals surface area contributed by atoms with Crippen molar-refractivity contribution in [2.45, 2.75) is 32.6 Å². The molecule has 5 nitrogen and oxygen atoms in total. The van der Waals surface area contributed by atoms with Crippen molar-refractivity contribution in [3.05, 3.63) is 22.2 Å².